The average molecular weight is 404 g/mol. The van der Waals surface area contributed by atoms with Crippen molar-refractivity contribution < 1.29 is 81.8 Å². The van der Waals surface area contributed by atoms with E-state index in [-0.39, 0.29) is 94.1 Å². The fourth-order valence-corrected chi connectivity index (χ4v) is 0. The molecule has 0 spiro atoms. The van der Waals surface area contributed by atoms with Crippen LogP contribution in [0.2, 0.25) is 0 Å². The van der Waals surface area contributed by atoms with Gasteiger partial charge in [-0.3, -0.25) is 0 Å². The third kappa shape index (κ3) is 97.6. The van der Waals surface area contributed by atoms with Crippen molar-refractivity contribution in [1.82, 2.24) is 12.3 Å². The smallest absolute Gasteiger partial charge is 0 e. The quantitative estimate of drug-likeness (QED) is 0.403. The first-order valence-electron chi connectivity index (χ1n) is 0. The summed E-state index contributed by atoms with van der Waals surface area (Å²) in [6, 6.07) is 0. The van der Waals surface area contributed by atoms with Gasteiger partial charge in [-0.05, 0) is 0 Å². The molecular weight excluding hydrogens is 396 g/mol. The molecule has 0 saturated heterocycles. The molecule has 0 aromatic heterocycles. The van der Waals surface area contributed by atoms with Crippen LogP contribution in [0.25, 0.3) is 0 Å². The van der Waals surface area contributed by atoms with E-state index >= 15 is 0 Å². The molecule has 8 N–H and O–H groups in total. The Morgan fingerprint density at radius 3 is 0.375 bits per heavy atom. The molecule has 0 atom stereocenters. The molecule has 8 heteroatoms. The van der Waals surface area contributed by atoms with Crippen molar-refractivity contribution in [3.05, 3.63) is 0 Å². The molecule has 0 saturated carbocycles. The first kappa shape index (κ1) is 202. The zero-order chi connectivity index (χ0) is 0. The normalized spacial score (nSPS) is 0. The molecule has 64 valence electrons. The van der Waals surface area contributed by atoms with Crippen LogP contribution in [-0.2, 0) is 19.8 Å². The third-order valence-corrected chi connectivity index (χ3v) is 0. The minimum Gasteiger partial charge on any atom is -1.00 e. The molecule has 8 heavy (non-hydrogen) atoms. The fourth-order valence-electron chi connectivity index (χ4n) is 0. The van der Waals surface area contributed by atoms with Crippen LogP contribution in [0.5, 0.6) is 0 Å². The number of quaternary nitrogens is 2. The van der Waals surface area contributed by atoms with Crippen LogP contribution >= 0.6 is 0 Å². The Morgan fingerprint density at radius 2 is 0.375 bits per heavy atom. The van der Waals surface area contributed by atoms with E-state index in [0.717, 1.165) is 0 Å². The monoisotopic (exact) mass is 403 g/mol. The molecule has 0 amide bonds. The van der Waals surface area contributed by atoms with Crippen LogP contribution in [-0.4, -0.2) is 0 Å². The van der Waals surface area contributed by atoms with Crippen LogP contribution < -0.4 is 74.3 Å². The van der Waals surface area contributed by atoms with Crippen molar-refractivity contribution >= 4 is 0 Å². The molecule has 0 fully saturated rings. The number of hydrogen-bond donors (Lipinski definition) is 2. The van der Waals surface area contributed by atoms with E-state index in [1.807, 2.05) is 0 Å². The second-order valence-corrected chi connectivity index (χ2v) is 0. The Hall–Kier alpha value is 2.01. The molecular formula is H8Cl5N2Os-3. The predicted molar refractivity (Wildman–Crippen MR) is 12.0 cm³/mol. The van der Waals surface area contributed by atoms with E-state index in [1.54, 1.807) is 0 Å². The van der Waals surface area contributed by atoms with Gasteiger partial charge in [0.25, 0.3) is 0 Å². The summed E-state index contributed by atoms with van der Waals surface area (Å²) in [6.45, 7) is 0. The van der Waals surface area contributed by atoms with Gasteiger partial charge in [0.05, 0.1) is 0 Å². The van der Waals surface area contributed by atoms with Crippen LogP contribution in [0.4, 0.5) is 0 Å². The predicted octanol–water partition coefficient (Wildman–Crippen LogP) is -14.2. The van der Waals surface area contributed by atoms with Crippen molar-refractivity contribution in [2.24, 2.45) is 0 Å². The first-order valence-corrected chi connectivity index (χ1v) is 0. The van der Waals surface area contributed by atoms with E-state index < -0.39 is 0 Å². The number of halogens is 5. The average Bonchev–Trinajstić information content (AvgIpc) is 0. The van der Waals surface area contributed by atoms with Gasteiger partial charge in [0, 0.05) is 19.8 Å². The van der Waals surface area contributed by atoms with Gasteiger partial charge >= 0.3 is 0 Å². The summed E-state index contributed by atoms with van der Waals surface area (Å²) in [5.74, 6) is 0. The van der Waals surface area contributed by atoms with Crippen molar-refractivity contribution in [1.29, 1.82) is 0 Å². The second-order valence-electron chi connectivity index (χ2n) is 0. The van der Waals surface area contributed by atoms with Gasteiger partial charge in [-0.15, -0.1) is 0 Å². The Bertz CT molecular complexity index is 10.4. The molecule has 2 nitrogen and oxygen atoms in total. The summed E-state index contributed by atoms with van der Waals surface area (Å²) in [4.78, 5) is 0. The van der Waals surface area contributed by atoms with Gasteiger partial charge in [0.2, 0.25) is 0 Å². The van der Waals surface area contributed by atoms with Crippen LogP contribution in [0.3, 0.4) is 0 Å². The largest absolute Gasteiger partial charge is 1.00 e. The topological polar surface area (TPSA) is 73.0 Å². The minimum atomic E-state index is 0. The maximum Gasteiger partial charge on any atom is 0 e. The molecule has 0 aromatic rings. The Kier molecular flexibility index (Phi) is 3610. The van der Waals surface area contributed by atoms with Gasteiger partial charge in [-0.1, -0.05) is 0 Å². The van der Waals surface area contributed by atoms with Crippen molar-refractivity contribution in [3.63, 3.8) is 0 Å². The molecule has 0 unspecified atom stereocenters. The van der Waals surface area contributed by atoms with Gasteiger partial charge in [-0.2, -0.15) is 0 Å². The van der Waals surface area contributed by atoms with Gasteiger partial charge in [0.1, 0.15) is 0 Å². The van der Waals surface area contributed by atoms with Crippen molar-refractivity contribution in [2.45, 2.75) is 0 Å². The zero-order valence-electron chi connectivity index (χ0n) is 4.24. The summed E-state index contributed by atoms with van der Waals surface area (Å²) in [5.41, 5.74) is 0. The molecule has 0 heterocycles. The van der Waals surface area contributed by atoms with Gasteiger partial charge < -0.3 is 74.3 Å². The maximum atomic E-state index is 0. The molecule has 0 bridgehead atoms. The SMILES string of the molecule is [Cl-].[Cl-].[Cl-].[Cl-].[Cl-].[NH4+].[NH4+].[Os]. The van der Waals surface area contributed by atoms with Crippen molar-refractivity contribution in [3.8, 4) is 0 Å². The Morgan fingerprint density at radius 1 is 0.375 bits per heavy atom. The standard InChI is InChI=1S/5ClH.2H3N.Os/h5*1H;2*1H3;/p-3. The summed E-state index contributed by atoms with van der Waals surface area (Å²) in [6.07, 6.45) is 0. The molecule has 0 aromatic carbocycles. The molecule has 0 rings (SSSR count). The zero-order valence-corrected chi connectivity index (χ0v) is 10.6. The van der Waals surface area contributed by atoms with Gasteiger partial charge in [-0.25, -0.2) is 0 Å². The number of rotatable bonds is 0. The Labute approximate surface area is 93.6 Å². The van der Waals surface area contributed by atoms with E-state index in [2.05, 4.69) is 0 Å². The van der Waals surface area contributed by atoms with E-state index in [9.17, 15) is 0 Å². The molecule has 0 aliphatic rings. The molecule has 0 radical (unpaired) electrons. The summed E-state index contributed by atoms with van der Waals surface area (Å²) >= 11 is 0. The molecule has 0 aliphatic carbocycles. The second kappa shape index (κ2) is 143. The van der Waals surface area contributed by atoms with Crippen LogP contribution in [0.15, 0.2) is 0 Å². The third-order valence-electron chi connectivity index (χ3n) is 0. The van der Waals surface area contributed by atoms with Crippen molar-refractivity contribution in [2.75, 3.05) is 0 Å². The summed E-state index contributed by atoms with van der Waals surface area (Å²) < 4.78 is 0. The minimum absolute atomic E-state index is 0. The fraction of sp³-hybridized carbons (Fsp3) is 0. The summed E-state index contributed by atoms with van der Waals surface area (Å²) in [7, 11) is 0. The van der Waals surface area contributed by atoms with E-state index in [1.165, 1.54) is 0 Å². The van der Waals surface area contributed by atoms with Crippen LogP contribution in [0.1, 0.15) is 0 Å². The van der Waals surface area contributed by atoms with Crippen LogP contribution in [0, 0.1) is 0 Å². The van der Waals surface area contributed by atoms with E-state index in [4.69, 9.17) is 0 Å². The van der Waals surface area contributed by atoms with E-state index in [0.29, 0.717) is 0 Å². The first-order chi connectivity index (χ1) is 0. The maximum absolute atomic E-state index is 0. The van der Waals surface area contributed by atoms with Gasteiger partial charge in [0.15, 0.2) is 0 Å². The Balaban J connectivity index is 0. The number of hydrogen-bond acceptors (Lipinski definition) is 0. The molecule has 0 aliphatic heterocycles. The summed E-state index contributed by atoms with van der Waals surface area (Å²) in [5, 5.41) is 0.